The van der Waals surface area contributed by atoms with E-state index in [1.165, 1.54) is 17.7 Å². The van der Waals surface area contributed by atoms with Gasteiger partial charge in [0.05, 0.1) is 5.75 Å². The van der Waals surface area contributed by atoms with Gasteiger partial charge in [-0.2, -0.15) is 11.8 Å². The summed E-state index contributed by atoms with van der Waals surface area (Å²) in [4.78, 5) is 9.42. The molecule has 0 amide bonds. The summed E-state index contributed by atoms with van der Waals surface area (Å²) in [5, 5.41) is 3.53. The normalized spacial score (nSPS) is 12.9. The maximum Gasteiger partial charge on any atom is 0.138 e. The van der Waals surface area contributed by atoms with Crippen molar-refractivity contribution in [3.05, 3.63) is 22.8 Å². The van der Waals surface area contributed by atoms with Gasteiger partial charge < -0.3 is 5.32 Å². The monoisotopic (exact) mass is 309 g/mol. The maximum absolute atomic E-state index is 4.71. The lowest BCUT2D eigenvalue weighted by molar-refractivity contribution is 0.525. The molecular formula is C17H31N3S. The topological polar surface area (TPSA) is 37.8 Å². The lowest BCUT2D eigenvalue weighted by atomic mass is 9.98. The smallest absolute Gasteiger partial charge is 0.138 e. The van der Waals surface area contributed by atoms with E-state index in [0.717, 1.165) is 36.1 Å². The lowest BCUT2D eigenvalue weighted by Gasteiger charge is -2.18. The molecule has 1 unspecified atom stereocenters. The second-order valence-electron chi connectivity index (χ2n) is 6.23. The molecule has 1 N–H and O–H groups in total. The first-order valence-electron chi connectivity index (χ1n) is 8.08. The van der Waals surface area contributed by atoms with Crippen LogP contribution in [-0.4, -0.2) is 28.8 Å². The number of hydrogen-bond donors (Lipinski definition) is 1. The third kappa shape index (κ3) is 6.35. The van der Waals surface area contributed by atoms with Gasteiger partial charge in [0.25, 0.3) is 0 Å². The fourth-order valence-corrected chi connectivity index (χ4v) is 3.32. The highest BCUT2D eigenvalue weighted by Gasteiger charge is 2.15. The quantitative estimate of drug-likeness (QED) is 0.697. The van der Waals surface area contributed by atoms with Crippen LogP contribution in [0.15, 0.2) is 0 Å². The molecule has 21 heavy (non-hydrogen) atoms. The molecule has 0 spiro atoms. The fraction of sp³-hybridized carbons (Fsp3) is 0.765. The molecule has 4 heteroatoms. The van der Waals surface area contributed by atoms with Gasteiger partial charge in [-0.3, -0.25) is 0 Å². The molecule has 1 atom stereocenters. The van der Waals surface area contributed by atoms with Crippen LogP contribution in [0.1, 0.15) is 62.8 Å². The van der Waals surface area contributed by atoms with Crippen molar-refractivity contribution in [3.63, 3.8) is 0 Å². The molecule has 1 heterocycles. The average molecular weight is 310 g/mol. The molecule has 1 aromatic heterocycles. The first kappa shape index (κ1) is 18.4. The summed E-state index contributed by atoms with van der Waals surface area (Å²) in [6.07, 6.45) is 1.21. The highest BCUT2D eigenvalue weighted by Crippen LogP contribution is 2.22. The van der Waals surface area contributed by atoms with Crippen LogP contribution in [0.5, 0.6) is 0 Å². The van der Waals surface area contributed by atoms with Gasteiger partial charge in [0.15, 0.2) is 0 Å². The highest BCUT2D eigenvalue weighted by molar-refractivity contribution is 7.98. The third-order valence-corrected chi connectivity index (χ3v) is 4.61. The molecule has 0 aliphatic carbocycles. The van der Waals surface area contributed by atoms with E-state index in [0.29, 0.717) is 11.8 Å². The Bertz CT molecular complexity index is 409. The van der Waals surface area contributed by atoms with Gasteiger partial charge in [0, 0.05) is 17.9 Å². The molecule has 1 aromatic rings. The number of rotatable bonds is 9. The molecule has 0 saturated carbocycles. The minimum atomic E-state index is 0.459. The van der Waals surface area contributed by atoms with Gasteiger partial charge in [-0.25, -0.2) is 9.97 Å². The van der Waals surface area contributed by atoms with E-state index in [1.807, 2.05) is 11.8 Å². The van der Waals surface area contributed by atoms with E-state index in [2.05, 4.69) is 46.9 Å². The highest BCUT2D eigenvalue weighted by atomic mass is 32.2. The van der Waals surface area contributed by atoms with Crippen LogP contribution in [0.25, 0.3) is 0 Å². The number of aryl methyl sites for hydroxylation is 2. The Balaban J connectivity index is 2.69. The Labute approximate surface area is 134 Å². The second kappa shape index (κ2) is 9.42. The van der Waals surface area contributed by atoms with Crippen LogP contribution in [0.4, 0.5) is 0 Å². The molecule has 0 aromatic carbocycles. The van der Waals surface area contributed by atoms with E-state index in [-0.39, 0.29) is 0 Å². The summed E-state index contributed by atoms with van der Waals surface area (Å²) in [6, 6.07) is 0. The number of thioether (sulfide) groups is 1. The summed E-state index contributed by atoms with van der Waals surface area (Å²) in [7, 11) is 0. The number of nitrogens with one attached hydrogen (secondary N) is 1. The van der Waals surface area contributed by atoms with Crippen LogP contribution in [0.2, 0.25) is 0 Å². The van der Waals surface area contributed by atoms with Crippen LogP contribution in [0, 0.1) is 19.8 Å². The molecular weight excluding hydrogens is 278 g/mol. The van der Waals surface area contributed by atoms with Gasteiger partial charge in [0.2, 0.25) is 0 Å². The zero-order valence-corrected chi connectivity index (χ0v) is 15.3. The summed E-state index contributed by atoms with van der Waals surface area (Å²) >= 11 is 1.92. The number of aromatic nitrogens is 2. The van der Waals surface area contributed by atoms with Crippen LogP contribution >= 0.6 is 11.8 Å². The summed E-state index contributed by atoms with van der Waals surface area (Å²) in [6.45, 7) is 15.2. The van der Waals surface area contributed by atoms with Crippen LogP contribution in [-0.2, 0) is 5.75 Å². The molecule has 0 fully saturated rings. The van der Waals surface area contributed by atoms with Crippen molar-refractivity contribution < 1.29 is 0 Å². The molecule has 0 aliphatic heterocycles. The molecule has 3 nitrogen and oxygen atoms in total. The molecule has 0 saturated heterocycles. The first-order valence-corrected chi connectivity index (χ1v) is 9.23. The van der Waals surface area contributed by atoms with E-state index >= 15 is 0 Å². The summed E-state index contributed by atoms with van der Waals surface area (Å²) in [5.74, 6) is 4.23. The first-order chi connectivity index (χ1) is 9.95. The third-order valence-electron chi connectivity index (χ3n) is 3.45. The van der Waals surface area contributed by atoms with E-state index in [9.17, 15) is 0 Å². The Morgan fingerprint density at radius 2 is 1.67 bits per heavy atom. The SMILES string of the molecule is CCCSCc1nc(C)c(C(C)CNCC(C)C)c(C)n1. The average Bonchev–Trinajstić information content (AvgIpc) is 2.37. The summed E-state index contributed by atoms with van der Waals surface area (Å²) in [5.41, 5.74) is 3.61. The van der Waals surface area contributed by atoms with Crippen molar-refractivity contribution >= 4 is 11.8 Å². The zero-order chi connectivity index (χ0) is 15.8. The fourth-order valence-electron chi connectivity index (χ4n) is 2.57. The molecule has 1 rings (SSSR count). The van der Waals surface area contributed by atoms with Gasteiger partial charge in [-0.15, -0.1) is 0 Å². The predicted octanol–water partition coefficient (Wildman–Crippen LogP) is 4.09. The van der Waals surface area contributed by atoms with Crippen molar-refractivity contribution in [2.45, 2.75) is 59.6 Å². The predicted molar refractivity (Wildman–Crippen MR) is 94.1 cm³/mol. The van der Waals surface area contributed by atoms with Crippen molar-refractivity contribution in [1.29, 1.82) is 0 Å². The Hall–Kier alpha value is -0.610. The standard InChI is InChI=1S/C17H31N3S/c1-7-8-21-11-16-19-14(5)17(15(6)20-16)13(4)10-18-9-12(2)3/h12-13,18H,7-11H2,1-6H3. The maximum atomic E-state index is 4.71. The van der Waals surface area contributed by atoms with Crippen LogP contribution in [0.3, 0.4) is 0 Å². The van der Waals surface area contributed by atoms with E-state index in [1.54, 1.807) is 0 Å². The van der Waals surface area contributed by atoms with Crippen molar-refractivity contribution in [2.24, 2.45) is 5.92 Å². The van der Waals surface area contributed by atoms with Crippen LogP contribution < -0.4 is 5.32 Å². The Kier molecular flexibility index (Phi) is 8.27. The van der Waals surface area contributed by atoms with E-state index in [4.69, 9.17) is 9.97 Å². The van der Waals surface area contributed by atoms with Gasteiger partial charge >= 0.3 is 0 Å². The van der Waals surface area contributed by atoms with Gasteiger partial charge in [-0.1, -0.05) is 27.7 Å². The molecule has 0 bridgehead atoms. The Morgan fingerprint density at radius 1 is 1.05 bits per heavy atom. The lowest BCUT2D eigenvalue weighted by Crippen LogP contribution is -2.25. The van der Waals surface area contributed by atoms with Gasteiger partial charge in [-0.05, 0) is 50.0 Å². The molecule has 0 radical (unpaired) electrons. The van der Waals surface area contributed by atoms with Crippen molar-refractivity contribution in [2.75, 3.05) is 18.8 Å². The zero-order valence-electron chi connectivity index (χ0n) is 14.5. The second-order valence-corrected chi connectivity index (χ2v) is 7.34. The van der Waals surface area contributed by atoms with Crippen molar-refractivity contribution in [1.82, 2.24) is 15.3 Å². The minimum absolute atomic E-state index is 0.459. The molecule has 0 aliphatic rings. The van der Waals surface area contributed by atoms with Crippen molar-refractivity contribution in [3.8, 4) is 0 Å². The summed E-state index contributed by atoms with van der Waals surface area (Å²) < 4.78 is 0. The minimum Gasteiger partial charge on any atom is -0.316 e. The molecule has 120 valence electrons. The number of hydrogen-bond acceptors (Lipinski definition) is 4. The van der Waals surface area contributed by atoms with E-state index < -0.39 is 0 Å². The largest absolute Gasteiger partial charge is 0.316 e. The Morgan fingerprint density at radius 3 is 2.19 bits per heavy atom. The van der Waals surface area contributed by atoms with Gasteiger partial charge in [0.1, 0.15) is 5.82 Å². The number of nitrogens with zero attached hydrogens (tertiary/aromatic N) is 2.